The zero-order valence-corrected chi connectivity index (χ0v) is 17.6. The molecule has 3 N–H and O–H groups in total. The molecule has 1 amide bonds. The van der Waals surface area contributed by atoms with Crippen LogP contribution in [0.4, 0.5) is 0 Å². The highest BCUT2D eigenvalue weighted by molar-refractivity contribution is 5.90. The number of aromatic nitrogens is 2. The van der Waals surface area contributed by atoms with Crippen LogP contribution in [0.1, 0.15) is 46.7 Å². The molecule has 0 bridgehead atoms. The van der Waals surface area contributed by atoms with Gasteiger partial charge in [-0.1, -0.05) is 72.8 Å². The van der Waals surface area contributed by atoms with Gasteiger partial charge in [-0.05, 0) is 41.7 Å². The predicted octanol–water partition coefficient (Wildman–Crippen LogP) is 4.98. The Balaban J connectivity index is 1.51. The lowest BCUT2D eigenvalue weighted by Crippen LogP contribution is -2.21. The highest BCUT2D eigenvalue weighted by Gasteiger charge is 2.24. The molecule has 0 radical (unpaired) electrons. The Morgan fingerprint density at radius 2 is 1.74 bits per heavy atom. The number of ether oxygens (including phenoxy) is 1. The van der Waals surface area contributed by atoms with E-state index in [2.05, 4.69) is 71.5 Å². The fourth-order valence-corrected chi connectivity index (χ4v) is 3.88. The molecular weight excluding hydrogens is 386 g/mol. The van der Waals surface area contributed by atoms with Crippen LogP contribution < -0.4 is 5.73 Å². The molecule has 0 saturated heterocycles. The number of nitrogens with one attached hydrogen (secondary N) is 1. The van der Waals surface area contributed by atoms with Crippen molar-refractivity contribution in [1.82, 2.24) is 9.97 Å². The second-order valence-electron chi connectivity index (χ2n) is 7.87. The molecule has 0 saturated carbocycles. The van der Waals surface area contributed by atoms with E-state index in [4.69, 9.17) is 10.5 Å². The third kappa shape index (κ3) is 5.19. The van der Waals surface area contributed by atoms with Crippen molar-refractivity contribution in [2.24, 2.45) is 5.73 Å². The molecule has 0 fully saturated rings. The number of carbonyl (C=O) groups is 1. The van der Waals surface area contributed by atoms with Crippen molar-refractivity contribution in [3.8, 4) is 0 Å². The molecule has 5 heteroatoms. The van der Waals surface area contributed by atoms with Gasteiger partial charge in [0.25, 0.3) is 5.91 Å². The molecule has 3 aromatic carbocycles. The van der Waals surface area contributed by atoms with Crippen LogP contribution >= 0.6 is 0 Å². The summed E-state index contributed by atoms with van der Waals surface area (Å²) >= 11 is 0. The molecule has 0 aliphatic rings. The fourth-order valence-electron chi connectivity index (χ4n) is 3.88. The molecular formula is C26H27N3O2. The minimum absolute atomic E-state index is 0.00304. The first-order valence-electron chi connectivity index (χ1n) is 10.6. The molecule has 158 valence electrons. The third-order valence-electron chi connectivity index (χ3n) is 5.69. The maximum absolute atomic E-state index is 11.5. The Morgan fingerprint density at radius 3 is 2.48 bits per heavy atom. The number of hydrogen-bond donors (Lipinski definition) is 2. The van der Waals surface area contributed by atoms with Crippen LogP contribution in [0.15, 0.2) is 79.0 Å². The highest BCUT2D eigenvalue weighted by atomic mass is 16.5. The number of rotatable bonds is 9. The summed E-state index contributed by atoms with van der Waals surface area (Å²) < 4.78 is 6.20. The number of H-pyrrole nitrogens is 1. The number of hydrogen-bond acceptors (Lipinski definition) is 3. The lowest BCUT2D eigenvalue weighted by Gasteiger charge is -2.23. The van der Waals surface area contributed by atoms with Gasteiger partial charge in [-0.3, -0.25) is 4.79 Å². The van der Waals surface area contributed by atoms with E-state index >= 15 is 0 Å². The zero-order chi connectivity index (χ0) is 21.6. The Labute approximate surface area is 182 Å². The average molecular weight is 414 g/mol. The second kappa shape index (κ2) is 9.58. The number of nitrogens with zero attached hydrogens (tertiary/aromatic N) is 1. The standard InChI is InChI=1S/C26H27N3O2/c1-18(31-17-20-7-3-2-4-8-20)23(26-28-16-24(29-26)25(27)30)14-12-19-11-13-21-9-5-6-10-22(21)15-19/h2-11,13,15-16,18,23H,12,14,17H2,1H3,(H2,27,30)(H,28,29)/t18-,23-/m0/s1. The maximum atomic E-state index is 11.5. The summed E-state index contributed by atoms with van der Waals surface area (Å²) in [5, 5.41) is 2.47. The van der Waals surface area contributed by atoms with Crippen molar-refractivity contribution in [3.63, 3.8) is 0 Å². The lowest BCUT2D eigenvalue weighted by atomic mass is 9.93. The van der Waals surface area contributed by atoms with Crippen LogP contribution in [0, 0.1) is 0 Å². The number of aryl methyl sites for hydroxylation is 1. The Hall–Kier alpha value is -3.44. The second-order valence-corrected chi connectivity index (χ2v) is 7.87. The average Bonchev–Trinajstić information content (AvgIpc) is 3.29. The van der Waals surface area contributed by atoms with Gasteiger partial charge in [0.15, 0.2) is 0 Å². The molecule has 2 atom stereocenters. The zero-order valence-electron chi connectivity index (χ0n) is 17.6. The first-order valence-corrected chi connectivity index (χ1v) is 10.6. The summed E-state index contributed by atoms with van der Waals surface area (Å²) in [5.41, 5.74) is 8.12. The van der Waals surface area contributed by atoms with Gasteiger partial charge in [0.1, 0.15) is 11.5 Å². The first kappa shape index (κ1) is 20.8. The van der Waals surface area contributed by atoms with Crippen molar-refractivity contribution in [2.45, 2.75) is 38.4 Å². The number of fused-ring (bicyclic) bond motifs is 1. The molecule has 5 nitrogen and oxygen atoms in total. The van der Waals surface area contributed by atoms with Crippen molar-refractivity contribution in [2.75, 3.05) is 0 Å². The SMILES string of the molecule is C[C@H](OCc1ccccc1)[C@H](CCc1ccc2ccccc2c1)c1ncc(C(N)=O)[nH]1. The predicted molar refractivity (Wildman–Crippen MR) is 123 cm³/mol. The summed E-state index contributed by atoms with van der Waals surface area (Å²) in [6.07, 6.45) is 3.12. The summed E-state index contributed by atoms with van der Waals surface area (Å²) in [5.74, 6) is 0.225. The van der Waals surface area contributed by atoms with E-state index in [0.29, 0.717) is 12.3 Å². The highest BCUT2D eigenvalue weighted by Crippen LogP contribution is 2.27. The van der Waals surface area contributed by atoms with Gasteiger partial charge in [-0.15, -0.1) is 0 Å². The number of nitrogens with two attached hydrogens (primary N) is 1. The van der Waals surface area contributed by atoms with Crippen LogP contribution in [0.25, 0.3) is 10.8 Å². The number of aromatic amines is 1. The van der Waals surface area contributed by atoms with Gasteiger partial charge < -0.3 is 15.5 Å². The summed E-state index contributed by atoms with van der Waals surface area (Å²) in [7, 11) is 0. The van der Waals surface area contributed by atoms with Crippen LogP contribution in [0.2, 0.25) is 0 Å². The number of benzene rings is 3. The molecule has 0 unspecified atom stereocenters. The fraction of sp³-hybridized carbons (Fsp3) is 0.231. The van der Waals surface area contributed by atoms with Gasteiger partial charge in [-0.25, -0.2) is 4.98 Å². The van der Waals surface area contributed by atoms with E-state index < -0.39 is 5.91 Å². The minimum Gasteiger partial charge on any atom is -0.373 e. The monoisotopic (exact) mass is 413 g/mol. The molecule has 1 aromatic heterocycles. The van der Waals surface area contributed by atoms with Gasteiger partial charge in [0, 0.05) is 5.92 Å². The van der Waals surface area contributed by atoms with E-state index in [1.165, 1.54) is 22.5 Å². The molecule has 1 heterocycles. The smallest absolute Gasteiger partial charge is 0.266 e. The van der Waals surface area contributed by atoms with Crippen molar-refractivity contribution >= 4 is 16.7 Å². The van der Waals surface area contributed by atoms with Gasteiger partial charge in [0.05, 0.1) is 18.9 Å². The van der Waals surface area contributed by atoms with E-state index in [0.717, 1.165) is 24.2 Å². The van der Waals surface area contributed by atoms with Crippen molar-refractivity contribution in [3.05, 3.63) is 102 Å². The van der Waals surface area contributed by atoms with Crippen molar-refractivity contribution in [1.29, 1.82) is 0 Å². The molecule has 0 spiro atoms. The van der Waals surface area contributed by atoms with Gasteiger partial charge in [-0.2, -0.15) is 0 Å². The number of amides is 1. The number of carbonyl (C=O) groups excluding carboxylic acids is 1. The van der Waals surface area contributed by atoms with Crippen LogP contribution in [0.5, 0.6) is 0 Å². The first-order chi connectivity index (χ1) is 15.1. The van der Waals surface area contributed by atoms with E-state index in [1.54, 1.807) is 0 Å². The van der Waals surface area contributed by atoms with Gasteiger partial charge >= 0.3 is 0 Å². The molecule has 0 aliphatic heterocycles. The summed E-state index contributed by atoms with van der Waals surface area (Å²) in [6, 6.07) is 25.0. The van der Waals surface area contributed by atoms with E-state index in [1.807, 2.05) is 18.2 Å². The van der Waals surface area contributed by atoms with E-state index in [9.17, 15) is 4.79 Å². The minimum atomic E-state index is -0.509. The topological polar surface area (TPSA) is 81.0 Å². The molecule has 31 heavy (non-hydrogen) atoms. The van der Waals surface area contributed by atoms with E-state index in [-0.39, 0.29) is 12.0 Å². The van der Waals surface area contributed by atoms with Crippen molar-refractivity contribution < 1.29 is 9.53 Å². The quantitative estimate of drug-likeness (QED) is 0.406. The molecule has 4 rings (SSSR count). The van der Waals surface area contributed by atoms with Crippen LogP contribution in [-0.2, 0) is 17.8 Å². The molecule has 4 aromatic rings. The third-order valence-corrected chi connectivity index (χ3v) is 5.69. The Bertz CT molecular complexity index is 1150. The van der Waals surface area contributed by atoms with Crippen LogP contribution in [0.3, 0.4) is 0 Å². The largest absolute Gasteiger partial charge is 0.373 e. The summed E-state index contributed by atoms with van der Waals surface area (Å²) in [6.45, 7) is 2.58. The van der Waals surface area contributed by atoms with Crippen LogP contribution in [-0.4, -0.2) is 22.0 Å². The Kier molecular flexibility index (Phi) is 6.43. The number of primary amides is 1. The molecule has 0 aliphatic carbocycles. The Morgan fingerprint density at radius 1 is 1.00 bits per heavy atom. The normalized spacial score (nSPS) is 13.2. The lowest BCUT2D eigenvalue weighted by molar-refractivity contribution is 0.0308. The summed E-state index contributed by atoms with van der Waals surface area (Å²) in [4.78, 5) is 19.1. The maximum Gasteiger partial charge on any atom is 0.266 e. The number of imidazole rings is 1. The van der Waals surface area contributed by atoms with Gasteiger partial charge in [0.2, 0.25) is 0 Å².